The Bertz CT molecular complexity index is 1530. The number of benzene rings is 1. The van der Waals surface area contributed by atoms with Gasteiger partial charge in [-0.2, -0.15) is 0 Å². The fraction of sp³-hybridized carbons (Fsp3) is 0.659. The highest BCUT2D eigenvalue weighted by molar-refractivity contribution is 6.07. The van der Waals surface area contributed by atoms with E-state index in [0.29, 0.717) is 24.3 Å². The maximum Gasteiger partial charge on any atom is 0.197 e. The van der Waals surface area contributed by atoms with E-state index in [0.717, 1.165) is 74.6 Å². The Morgan fingerprint density at radius 3 is 2.72 bits per heavy atom. The SMILES string of the molecule is C[C@H](O)CNC[C@H]1C2=C[C+]([C@@H](O)COc3cc(CC[C-]4C=C(CO)C(CCCCCCCN)[OH+]4)ccc3O)N=C2[C@H]2C=C[C@@]13CCC[C@@H]3C21CCCC1. The Balaban J connectivity index is 0.990. The first-order chi connectivity index (χ1) is 25.8. The molecule has 53 heavy (non-hydrogen) atoms. The Hall–Kier alpha value is -2.79. The zero-order valence-corrected chi connectivity index (χ0v) is 31.8. The molecule has 3 saturated carbocycles. The van der Waals surface area contributed by atoms with Crippen molar-refractivity contribution in [3.05, 3.63) is 71.4 Å². The molecule has 7 aliphatic rings. The first kappa shape index (κ1) is 38.5. The van der Waals surface area contributed by atoms with Gasteiger partial charge in [-0.15, -0.1) is 16.6 Å². The molecular formula is C44H64N3O6+. The molecule has 0 amide bonds. The third-order valence-electron chi connectivity index (χ3n) is 13.6. The summed E-state index contributed by atoms with van der Waals surface area (Å²) >= 11 is 0. The maximum absolute atomic E-state index is 11.6. The second-order valence-corrected chi connectivity index (χ2v) is 16.9. The van der Waals surface area contributed by atoms with E-state index < -0.39 is 12.2 Å². The molecule has 8 N–H and O–H groups in total. The minimum Gasteiger partial charge on any atom is -0.504 e. The largest absolute Gasteiger partial charge is 0.504 e. The van der Waals surface area contributed by atoms with E-state index in [1.807, 2.05) is 19.1 Å². The summed E-state index contributed by atoms with van der Waals surface area (Å²) < 4.78 is 11.1. The summed E-state index contributed by atoms with van der Waals surface area (Å²) in [5.41, 5.74) is 10.3. The predicted molar refractivity (Wildman–Crippen MR) is 209 cm³/mol. The van der Waals surface area contributed by atoms with E-state index in [9.17, 15) is 20.4 Å². The van der Waals surface area contributed by atoms with Crippen LogP contribution in [0.4, 0.5) is 0 Å². The molecule has 2 bridgehead atoms. The maximum atomic E-state index is 11.6. The van der Waals surface area contributed by atoms with Gasteiger partial charge >= 0.3 is 0 Å². The Morgan fingerprint density at radius 1 is 1.11 bits per heavy atom. The number of ether oxygens (including phenoxy) is 2. The number of aryl methyl sites for hydroxylation is 1. The van der Waals surface area contributed by atoms with Crippen LogP contribution in [0.25, 0.3) is 0 Å². The summed E-state index contributed by atoms with van der Waals surface area (Å²) in [7, 11) is 0. The number of hydrogen-bond donors (Lipinski definition) is 6. The molecular weight excluding hydrogens is 666 g/mol. The van der Waals surface area contributed by atoms with Crippen LogP contribution in [-0.4, -0.2) is 82.0 Å². The quantitative estimate of drug-likeness (QED) is 0.0458. The van der Waals surface area contributed by atoms with Crippen LogP contribution in [0.1, 0.15) is 102 Å². The van der Waals surface area contributed by atoms with E-state index in [-0.39, 0.29) is 47.7 Å². The molecule has 2 aliphatic heterocycles. The number of aliphatic hydroxyl groups excluding tert-OH is 3. The molecule has 3 fully saturated rings. The van der Waals surface area contributed by atoms with Crippen molar-refractivity contribution in [2.24, 2.45) is 39.3 Å². The predicted octanol–water partition coefficient (Wildman–Crippen LogP) is 5.77. The number of phenolic OH excluding ortho intramolecular Hbond substituents is 1. The van der Waals surface area contributed by atoms with Crippen LogP contribution in [0.2, 0.25) is 0 Å². The number of rotatable bonds is 19. The lowest BCUT2D eigenvalue weighted by molar-refractivity contribution is -0.0552. The second-order valence-electron chi connectivity index (χ2n) is 16.9. The molecule has 2 heterocycles. The number of aromatic hydroxyl groups is 1. The lowest BCUT2D eigenvalue weighted by atomic mass is 9.53. The van der Waals surface area contributed by atoms with Gasteiger partial charge in [0.05, 0.1) is 30.1 Å². The summed E-state index contributed by atoms with van der Waals surface area (Å²) in [6.07, 6.45) is 25.8. The molecule has 1 unspecified atom stereocenters. The van der Waals surface area contributed by atoms with Gasteiger partial charge in [0, 0.05) is 31.5 Å². The normalized spacial score (nSPS) is 29.3. The fourth-order valence-corrected chi connectivity index (χ4v) is 11.1. The third-order valence-corrected chi connectivity index (χ3v) is 13.6. The smallest absolute Gasteiger partial charge is 0.197 e. The number of nitrogens with one attached hydrogen (secondary N) is 1. The average molecular weight is 731 g/mol. The van der Waals surface area contributed by atoms with Crippen LogP contribution in [0.5, 0.6) is 11.5 Å². The van der Waals surface area contributed by atoms with E-state index >= 15 is 0 Å². The number of nitrogens with two attached hydrogens (primary N) is 1. The molecule has 1 aromatic rings. The van der Waals surface area contributed by atoms with Crippen molar-refractivity contribution < 1.29 is 29.9 Å². The summed E-state index contributed by atoms with van der Waals surface area (Å²) in [6.45, 7) is 3.93. The molecule has 1 aromatic carbocycles. The van der Waals surface area contributed by atoms with E-state index in [2.05, 4.69) is 29.6 Å². The molecule has 5 aliphatic carbocycles. The molecule has 0 radical (unpaired) electrons. The van der Waals surface area contributed by atoms with Gasteiger partial charge < -0.3 is 41.0 Å². The van der Waals surface area contributed by atoms with Gasteiger partial charge in [0.2, 0.25) is 0 Å². The van der Waals surface area contributed by atoms with Crippen molar-refractivity contribution in [2.75, 3.05) is 32.8 Å². The number of unbranched alkanes of at least 4 members (excludes halogenated alkanes) is 4. The molecule has 2 spiro atoms. The van der Waals surface area contributed by atoms with Gasteiger partial charge in [0.25, 0.3) is 0 Å². The summed E-state index contributed by atoms with van der Waals surface area (Å²) in [5.74, 6) is 1.52. The highest BCUT2D eigenvalue weighted by Crippen LogP contribution is 2.70. The third kappa shape index (κ3) is 7.85. The second kappa shape index (κ2) is 16.9. The van der Waals surface area contributed by atoms with Crippen molar-refractivity contribution >= 4 is 5.71 Å². The summed E-state index contributed by atoms with van der Waals surface area (Å²) in [6, 6.07) is 6.06. The molecule has 8 rings (SSSR count). The molecule has 7 atom stereocenters. The van der Waals surface area contributed by atoms with Crippen molar-refractivity contribution in [3.8, 4) is 11.5 Å². The number of hydrogen-bond acceptors (Lipinski definition) is 8. The van der Waals surface area contributed by atoms with Gasteiger partial charge in [-0.05, 0) is 93.9 Å². The van der Waals surface area contributed by atoms with E-state index in [1.54, 1.807) is 6.07 Å². The minimum atomic E-state index is -0.942. The highest BCUT2D eigenvalue weighted by Gasteiger charge is 2.68. The fourth-order valence-electron chi connectivity index (χ4n) is 11.1. The van der Waals surface area contributed by atoms with Crippen molar-refractivity contribution in [1.82, 2.24) is 5.32 Å². The van der Waals surface area contributed by atoms with Gasteiger partial charge in [0.1, 0.15) is 18.3 Å². The summed E-state index contributed by atoms with van der Waals surface area (Å²) in [5, 5.41) is 45.9. The van der Waals surface area contributed by atoms with Gasteiger partial charge in [-0.25, -0.2) is 0 Å². The summed E-state index contributed by atoms with van der Waals surface area (Å²) in [4.78, 5) is 5.24. The number of phenols is 1. The van der Waals surface area contributed by atoms with E-state index in [4.69, 9.17) is 20.2 Å². The van der Waals surface area contributed by atoms with Crippen molar-refractivity contribution in [2.45, 2.75) is 122 Å². The van der Waals surface area contributed by atoms with E-state index in [1.165, 1.54) is 63.4 Å². The Kier molecular flexibility index (Phi) is 12.3. The number of aliphatic hydroxyl groups is 5. The van der Waals surface area contributed by atoms with Crippen LogP contribution in [0, 0.1) is 40.7 Å². The average Bonchev–Trinajstić information content (AvgIpc) is 3.96. The Morgan fingerprint density at radius 2 is 1.92 bits per heavy atom. The minimum absolute atomic E-state index is 0.0134. The van der Waals surface area contributed by atoms with Crippen LogP contribution in [-0.2, 0) is 6.42 Å². The molecule has 9 nitrogen and oxygen atoms in total. The first-order valence-corrected chi connectivity index (χ1v) is 20.7. The number of allylic oxidation sites excluding steroid dienone is 2. The highest BCUT2D eigenvalue weighted by atomic mass is 16.5. The van der Waals surface area contributed by atoms with Crippen LogP contribution in [0.15, 0.2) is 58.6 Å². The molecule has 9 heteroatoms. The lowest BCUT2D eigenvalue weighted by Crippen LogP contribution is -2.48. The number of aliphatic imine (C=N–C) groups is 1. The molecule has 0 aromatic heterocycles. The first-order valence-electron chi connectivity index (χ1n) is 20.7. The van der Waals surface area contributed by atoms with Crippen molar-refractivity contribution in [3.63, 3.8) is 0 Å². The molecule has 290 valence electrons. The monoisotopic (exact) mass is 730 g/mol. The number of nitrogens with zero attached hydrogens (tertiary/aromatic N) is 1. The zero-order chi connectivity index (χ0) is 37.0. The van der Waals surface area contributed by atoms with Gasteiger partial charge in [0.15, 0.2) is 29.4 Å². The van der Waals surface area contributed by atoms with Crippen LogP contribution >= 0.6 is 0 Å². The molecule has 0 saturated heterocycles. The van der Waals surface area contributed by atoms with Gasteiger partial charge in [-0.3, -0.25) is 0 Å². The lowest BCUT2D eigenvalue weighted by Gasteiger charge is -2.49. The van der Waals surface area contributed by atoms with Crippen molar-refractivity contribution in [1.29, 1.82) is 0 Å². The van der Waals surface area contributed by atoms with Crippen LogP contribution < -0.4 is 15.8 Å². The van der Waals surface area contributed by atoms with Crippen LogP contribution in [0.3, 0.4) is 0 Å². The zero-order valence-electron chi connectivity index (χ0n) is 31.8. The Labute approximate surface area is 316 Å². The standard InChI is InChI=1S/C44H63N3O6/c1-29(49)25-46-26-35-33-24-36(47-42(33)34-16-20-44(35)19-9-11-41(44)43(34)17-6-7-18-43)38(51)28-52-40-22-30(13-15-37(40)50)12-14-32-23-31(27-48)39(53-32)10-5-3-2-4-8-21-45/h13,15-16,20,22-24,29,34-35,38-39,41,46,48-49,51,53H,2-12,14,17-19,21,25-28,45H2,1H3/p+1/t29-,34+,35-,38-,39?,41+,44-/m0/s1. The topological polar surface area (TPSA) is 153 Å². The van der Waals surface area contributed by atoms with Gasteiger partial charge in [-0.1, -0.05) is 56.7 Å².